The molecule has 0 unspecified atom stereocenters. The molecule has 1 aromatic heterocycles. The molecule has 1 aromatic rings. The Hall–Kier alpha value is -0.740. The van der Waals surface area contributed by atoms with Crippen LogP contribution >= 0.6 is 11.8 Å². The van der Waals surface area contributed by atoms with Crippen molar-refractivity contribution in [2.75, 3.05) is 5.43 Å². The first-order valence-corrected chi connectivity index (χ1v) is 4.70. The molecular weight excluding hydrogens is 170 g/mol. The highest BCUT2D eigenvalue weighted by atomic mass is 32.2. The van der Waals surface area contributed by atoms with E-state index < -0.39 is 0 Å². The lowest BCUT2D eigenvalue weighted by atomic mass is 10.5. The van der Waals surface area contributed by atoms with E-state index >= 15 is 0 Å². The first kappa shape index (κ1) is 9.35. The second kappa shape index (κ2) is 4.33. The Morgan fingerprint density at radius 3 is 2.83 bits per heavy atom. The molecular formula is C8H13N3S. The van der Waals surface area contributed by atoms with Crippen LogP contribution in [-0.4, -0.2) is 10.2 Å². The third-order valence-corrected chi connectivity index (χ3v) is 2.17. The van der Waals surface area contributed by atoms with Crippen LogP contribution in [0.5, 0.6) is 0 Å². The first-order valence-electron chi connectivity index (χ1n) is 3.82. The van der Waals surface area contributed by atoms with E-state index in [0.29, 0.717) is 11.1 Å². The summed E-state index contributed by atoms with van der Waals surface area (Å²) in [6.45, 7) is 4.27. The van der Waals surface area contributed by atoms with Crippen LogP contribution in [0.4, 0.5) is 5.82 Å². The van der Waals surface area contributed by atoms with Crippen molar-refractivity contribution in [2.24, 2.45) is 5.84 Å². The summed E-state index contributed by atoms with van der Waals surface area (Å²) in [6.07, 6.45) is 0. The van der Waals surface area contributed by atoms with Crippen molar-refractivity contribution < 1.29 is 0 Å². The predicted molar refractivity (Wildman–Crippen MR) is 53.0 cm³/mol. The predicted octanol–water partition coefficient (Wildman–Crippen LogP) is 1.87. The summed E-state index contributed by atoms with van der Waals surface area (Å²) in [4.78, 5) is 4.26. The van der Waals surface area contributed by atoms with E-state index in [0.717, 1.165) is 5.03 Å². The Bertz CT molecular complexity index is 250. The summed E-state index contributed by atoms with van der Waals surface area (Å²) in [5, 5.41) is 1.55. The number of anilines is 1. The molecule has 0 atom stereocenters. The standard InChI is InChI=1S/C8H13N3S/c1-6(2)12-8-5-3-4-7(10-8)11-9/h3-6H,9H2,1-2H3,(H,10,11). The van der Waals surface area contributed by atoms with E-state index in [9.17, 15) is 0 Å². The van der Waals surface area contributed by atoms with Gasteiger partial charge in [-0.2, -0.15) is 0 Å². The molecule has 4 heteroatoms. The fourth-order valence-electron chi connectivity index (χ4n) is 0.802. The number of nitrogens with one attached hydrogen (secondary N) is 1. The van der Waals surface area contributed by atoms with Crippen molar-refractivity contribution in [2.45, 2.75) is 24.1 Å². The van der Waals surface area contributed by atoms with Crippen LogP contribution in [0.3, 0.4) is 0 Å². The smallest absolute Gasteiger partial charge is 0.141 e. The molecule has 0 aliphatic heterocycles. The summed E-state index contributed by atoms with van der Waals surface area (Å²) >= 11 is 1.72. The molecule has 0 saturated carbocycles. The van der Waals surface area contributed by atoms with Crippen LogP contribution in [0.1, 0.15) is 13.8 Å². The third kappa shape index (κ3) is 2.71. The Kier molecular flexibility index (Phi) is 3.37. The molecule has 0 saturated heterocycles. The van der Waals surface area contributed by atoms with Crippen molar-refractivity contribution in [3.8, 4) is 0 Å². The second-order valence-corrected chi connectivity index (χ2v) is 4.27. The van der Waals surface area contributed by atoms with Gasteiger partial charge in [-0.3, -0.25) is 0 Å². The maximum atomic E-state index is 5.23. The number of rotatable bonds is 3. The zero-order valence-corrected chi connectivity index (χ0v) is 8.06. The van der Waals surface area contributed by atoms with Gasteiger partial charge in [0.05, 0.1) is 5.03 Å². The number of pyridine rings is 1. The Morgan fingerprint density at radius 2 is 2.25 bits per heavy atom. The van der Waals surface area contributed by atoms with Crippen molar-refractivity contribution >= 4 is 17.6 Å². The van der Waals surface area contributed by atoms with Gasteiger partial charge in [-0.05, 0) is 12.1 Å². The van der Waals surface area contributed by atoms with Gasteiger partial charge in [0.1, 0.15) is 5.82 Å². The van der Waals surface area contributed by atoms with Crippen LogP contribution in [0.25, 0.3) is 0 Å². The number of hydrogen-bond donors (Lipinski definition) is 2. The highest BCUT2D eigenvalue weighted by molar-refractivity contribution is 7.99. The number of thioether (sulfide) groups is 1. The van der Waals surface area contributed by atoms with Crippen molar-refractivity contribution in [1.29, 1.82) is 0 Å². The van der Waals surface area contributed by atoms with Gasteiger partial charge in [0, 0.05) is 5.25 Å². The Balaban J connectivity index is 2.72. The summed E-state index contributed by atoms with van der Waals surface area (Å²) < 4.78 is 0. The fraction of sp³-hybridized carbons (Fsp3) is 0.375. The van der Waals surface area contributed by atoms with E-state index in [1.54, 1.807) is 11.8 Å². The molecule has 0 amide bonds. The van der Waals surface area contributed by atoms with Gasteiger partial charge in [-0.25, -0.2) is 10.8 Å². The van der Waals surface area contributed by atoms with Crippen LogP contribution in [-0.2, 0) is 0 Å². The van der Waals surface area contributed by atoms with Crippen molar-refractivity contribution in [1.82, 2.24) is 4.98 Å². The summed E-state index contributed by atoms with van der Waals surface area (Å²) in [7, 11) is 0. The number of hydrogen-bond acceptors (Lipinski definition) is 4. The molecule has 0 aliphatic rings. The quantitative estimate of drug-likeness (QED) is 0.427. The zero-order valence-electron chi connectivity index (χ0n) is 7.24. The molecule has 12 heavy (non-hydrogen) atoms. The second-order valence-electron chi connectivity index (χ2n) is 2.67. The summed E-state index contributed by atoms with van der Waals surface area (Å²) in [5.74, 6) is 5.94. The van der Waals surface area contributed by atoms with E-state index in [1.807, 2.05) is 18.2 Å². The van der Waals surface area contributed by atoms with E-state index in [2.05, 4.69) is 24.3 Å². The van der Waals surface area contributed by atoms with Gasteiger partial charge in [0.15, 0.2) is 0 Å². The highest BCUT2D eigenvalue weighted by Crippen LogP contribution is 2.21. The van der Waals surface area contributed by atoms with Gasteiger partial charge in [-0.1, -0.05) is 19.9 Å². The molecule has 1 rings (SSSR count). The van der Waals surface area contributed by atoms with E-state index in [-0.39, 0.29) is 0 Å². The molecule has 66 valence electrons. The van der Waals surface area contributed by atoms with E-state index in [1.165, 1.54) is 0 Å². The molecule has 1 heterocycles. The third-order valence-electron chi connectivity index (χ3n) is 1.23. The number of hydrazine groups is 1. The SMILES string of the molecule is CC(C)Sc1cccc(NN)n1. The monoisotopic (exact) mass is 183 g/mol. The Labute approximate surface area is 76.7 Å². The molecule has 0 fully saturated rings. The number of aromatic nitrogens is 1. The maximum absolute atomic E-state index is 5.23. The van der Waals surface area contributed by atoms with Gasteiger partial charge in [-0.15, -0.1) is 11.8 Å². The summed E-state index contributed by atoms with van der Waals surface area (Å²) in [6, 6.07) is 5.75. The average molecular weight is 183 g/mol. The highest BCUT2D eigenvalue weighted by Gasteiger charge is 1.99. The fourth-order valence-corrected chi connectivity index (χ4v) is 1.59. The van der Waals surface area contributed by atoms with Gasteiger partial charge < -0.3 is 5.43 Å². The van der Waals surface area contributed by atoms with Gasteiger partial charge in [0.25, 0.3) is 0 Å². The minimum Gasteiger partial charge on any atom is -0.308 e. The number of nitrogen functional groups attached to an aromatic ring is 1. The van der Waals surface area contributed by atoms with Crippen LogP contribution in [0, 0.1) is 0 Å². The normalized spacial score (nSPS) is 10.3. The van der Waals surface area contributed by atoms with Gasteiger partial charge >= 0.3 is 0 Å². The molecule has 0 radical (unpaired) electrons. The van der Waals surface area contributed by atoms with Crippen LogP contribution in [0.2, 0.25) is 0 Å². The molecule has 3 nitrogen and oxygen atoms in total. The maximum Gasteiger partial charge on any atom is 0.141 e. The molecule has 0 aromatic carbocycles. The van der Waals surface area contributed by atoms with Gasteiger partial charge in [0.2, 0.25) is 0 Å². The minimum atomic E-state index is 0.547. The molecule has 0 aliphatic carbocycles. The minimum absolute atomic E-state index is 0.547. The van der Waals surface area contributed by atoms with Crippen LogP contribution in [0.15, 0.2) is 23.2 Å². The lowest BCUT2D eigenvalue weighted by Gasteiger charge is -2.04. The zero-order chi connectivity index (χ0) is 8.97. The summed E-state index contributed by atoms with van der Waals surface area (Å²) in [5.41, 5.74) is 2.52. The van der Waals surface area contributed by atoms with E-state index in [4.69, 9.17) is 5.84 Å². The van der Waals surface area contributed by atoms with Crippen molar-refractivity contribution in [3.05, 3.63) is 18.2 Å². The lowest BCUT2D eigenvalue weighted by Crippen LogP contribution is -2.08. The Morgan fingerprint density at radius 1 is 1.50 bits per heavy atom. The largest absolute Gasteiger partial charge is 0.308 e. The number of nitrogens with two attached hydrogens (primary N) is 1. The average Bonchev–Trinajstić information content (AvgIpc) is 2.03. The van der Waals surface area contributed by atoms with Crippen molar-refractivity contribution in [3.63, 3.8) is 0 Å². The first-order chi connectivity index (χ1) is 5.72. The number of nitrogens with zero attached hydrogens (tertiary/aromatic N) is 1. The molecule has 0 spiro atoms. The molecule has 3 N–H and O–H groups in total. The topological polar surface area (TPSA) is 50.9 Å². The molecule has 0 bridgehead atoms. The lowest BCUT2D eigenvalue weighted by molar-refractivity contribution is 1.06. The van der Waals surface area contributed by atoms with Crippen LogP contribution < -0.4 is 11.3 Å².